The number of aromatic nitrogens is 1. The van der Waals surface area contributed by atoms with E-state index in [1.165, 1.54) is 10.4 Å². The van der Waals surface area contributed by atoms with E-state index in [-0.39, 0.29) is 0 Å². The molecule has 0 atom stereocenters. The van der Waals surface area contributed by atoms with Crippen molar-refractivity contribution in [2.45, 2.75) is 19.8 Å². The number of thiophene rings is 1. The van der Waals surface area contributed by atoms with Crippen LogP contribution in [0.25, 0.3) is 0 Å². The first kappa shape index (κ1) is 15.5. The maximum absolute atomic E-state index is 4.60. The minimum Gasteiger partial charge on any atom is -0.357 e. The third-order valence-corrected chi connectivity index (χ3v) is 3.92. The molecule has 4 nitrogen and oxygen atoms in total. The summed E-state index contributed by atoms with van der Waals surface area (Å²) in [6.07, 6.45) is 5.65. The molecule has 0 unspecified atom stereocenters. The average molecular weight is 302 g/mol. The molecule has 0 aromatic carbocycles. The van der Waals surface area contributed by atoms with Gasteiger partial charge in [0, 0.05) is 43.3 Å². The molecule has 0 spiro atoms. The molecule has 0 aliphatic rings. The molecule has 2 aromatic heterocycles. The van der Waals surface area contributed by atoms with Crippen molar-refractivity contribution in [3.05, 3.63) is 52.5 Å². The molecular formula is C16H22N4S. The molecule has 2 N–H and O–H groups in total. The van der Waals surface area contributed by atoms with Crippen LogP contribution in [0, 0.1) is 0 Å². The first-order valence-electron chi connectivity index (χ1n) is 7.32. The summed E-state index contributed by atoms with van der Waals surface area (Å²) in [4.78, 5) is 10.1. The number of hydrogen-bond acceptors (Lipinski definition) is 3. The Morgan fingerprint density at radius 3 is 2.90 bits per heavy atom. The van der Waals surface area contributed by atoms with Gasteiger partial charge in [-0.15, -0.1) is 11.3 Å². The zero-order chi connectivity index (χ0) is 14.8. The molecule has 2 heterocycles. The van der Waals surface area contributed by atoms with Crippen LogP contribution in [0.4, 0.5) is 0 Å². The molecular weight excluding hydrogens is 280 g/mol. The van der Waals surface area contributed by atoms with Crippen molar-refractivity contribution in [2.24, 2.45) is 4.99 Å². The summed E-state index contributed by atoms with van der Waals surface area (Å²) in [5.41, 5.74) is 1.24. The molecule has 0 saturated heterocycles. The van der Waals surface area contributed by atoms with Crippen LogP contribution in [0.15, 0.2) is 47.0 Å². The molecule has 0 fully saturated rings. The molecule has 0 saturated carbocycles. The highest BCUT2D eigenvalue weighted by Gasteiger charge is 1.98. The fraction of sp³-hybridized carbons (Fsp3) is 0.375. The molecule has 0 radical (unpaired) electrons. The standard InChI is InChI=1S/C16H22N4S/c1-2-18-16(20-11-8-15-6-4-12-21-15)19-10-7-14-5-3-9-17-13-14/h3-6,9,12-13H,2,7-8,10-11H2,1H3,(H2,18,19,20). The first-order valence-corrected chi connectivity index (χ1v) is 8.20. The Kier molecular flexibility index (Phi) is 6.74. The summed E-state index contributed by atoms with van der Waals surface area (Å²) in [5, 5.41) is 8.75. The Morgan fingerprint density at radius 1 is 1.24 bits per heavy atom. The quantitative estimate of drug-likeness (QED) is 0.610. The van der Waals surface area contributed by atoms with Crippen molar-refractivity contribution in [1.82, 2.24) is 15.6 Å². The Labute approximate surface area is 130 Å². The largest absolute Gasteiger partial charge is 0.357 e. The van der Waals surface area contributed by atoms with Crippen LogP contribution in [-0.4, -0.2) is 30.6 Å². The number of hydrogen-bond donors (Lipinski definition) is 2. The van der Waals surface area contributed by atoms with Gasteiger partial charge >= 0.3 is 0 Å². The number of pyridine rings is 1. The molecule has 2 aromatic rings. The topological polar surface area (TPSA) is 49.3 Å². The lowest BCUT2D eigenvalue weighted by molar-refractivity contribution is 0.796. The number of nitrogens with zero attached hydrogens (tertiary/aromatic N) is 2. The molecule has 112 valence electrons. The number of rotatable bonds is 7. The third kappa shape index (κ3) is 5.95. The van der Waals surface area contributed by atoms with Gasteiger partial charge in [0.1, 0.15) is 0 Å². The van der Waals surface area contributed by atoms with Gasteiger partial charge < -0.3 is 10.6 Å². The van der Waals surface area contributed by atoms with Gasteiger partial charge in [-0.25, -0.2) is 0 Å². The zero-order valence-corrected chi connectivity index (χ0v) is 13.2. The lowest BCUT2D eigenvalue weighted by Gasteiger charge is -2.11. The van der Waals surface area contributed by atoms with Crippen LogP contribution >= 0.6 is 11.3 Å². The fourth-order valence-corrected chi connectivity index (χ4v) is 2.64. The zero-order valence-electron chi connectivity index (χ0n) is 12.4. The van der Waals surface area contributed by atoms with E-state index in [0.29, 0.717) is 0 Å². The van der Waals surface area contributed by atoms with E-state index in [1.807, 2.05) is 12.3 Å². The Bertz CT molecular complexity index is 522. The Morgan fingerprint density at radius 2 is 2.19 bits per heavy atom. The van der Waals surface area contributed by atoms with Crippen molar-refractivity contribution < 1.29 is 0 Å². The molecule has 0 aliphatic heterocycles. The highest BCUT2D eigenvalue weighted by Crippen LogP contribution is 2.08. The minimum atomic E-state index is 0.808. The van der Waals surface area contributed by atoms with Crippen molar-refractivity contribution in [3.63, 3.8) is 0 Å². The van der Waals surface area contributed by atoms with Crippen molar-refractivity contribution >= 4 is 17.3 Å². The van der Waals surface area contributed by atoms with Gasteiger partial charge in [0.25, 0.3) is 0 Å². The second kappa shape index (κ2) is 9.13. The summed E-state index contributed by atoms with van der Waals surface area (Å²) in [6, 6.07) is 8.30. The predicted octanol–water partition coefficient (Wildman–Crippen LogP) is 2.48. The van der Waals surface area contributed by atoms with E-state index in [0.717, 1.165) is 38.4 Å². The van der Waals surface area contributed by atoms with E-state index in [4.69, 9.17) is 0 Å². The van der Waals surface area contributed by atoms with Gasteiger partial charge in [-0.1, -0.05) is 12.1 Å². The lowest BCUT2D eigenvalue weighted by atomic mass is 10.2. The maximum atomic E-state index is 4.60. The smallest absolute Gasteiger partial charge is 0.191 e. The van der Waals surface area contributed by atoms with E-state index in [1.54, 1.807) is 17.5 Å². The summed E-state index contributed by atoms with van der Waals surface area (Å²) < 4.78 is 0. The van der Waals surface area contributed by atoms with Gasteiger partial charge in [0.2, 0.25) is 0 Å². The Balaban J connectivity index is 1.75. The number of aliphatic imine (C=N–C) groups is 1. The van der Waals surface area contributed by atoms with Gasteiger partial charge in [-0.3, -0.25) is 9.98 Å². The SMILES string of the molecule is CCNC(=NCCc1cccs1)NCCc1cccnc1. The summed E-state index contributed by atoms with van der Waals surface area (Å²) in [6.45, 7) is 4.62. The monoisotopic (exact) mass is 302 g/mol. The normalized spacial score (nSPS) is 11.4. The molecule has 5 heteroatoms. The van der Waals surface area contributed by atoms with Crippen LogP contribution in [0.2, 0.25) is 0 Å². The third-order valence-electron chi connectivity index (χ3n) is 2.98. The lowest BCUT2D eigenvalue weighted by Crippen LogP contribution is -2.38. The average Bonchev–Trinajstić information content (AvgIpc) is 3.02. The highest BCUT2D eigenvalue weighted by molar-refractivity contribution is 7.09. The van der Waals surface area contributed by atoms with E-state index >= 15 is 0 Å². The van der Waals surface area contributed by atoms with Crippen LogP contribution in [-0.2, 0) is 12.8 Å². The van der Waals surface area contributed by atoms with Crippen molar-refractivity contribution in [1.29, 1.82) is 0 Å². The summed E-state index contributed by atoms with van der Waals surface area (Å²) in [7, 11) is 0. The molecule has 0 bridgehead atoms. The van der Waals surface area contributed by atoms with Crippen LogP contribution < -0.4 is 10.6 Å². The van der Waals surface area contributed by atoms with Crippen molar-refractivity contribution in [2.75, 3.05) is 19.6 Å². The van der Waals surface area contributed by atoms with Crippen molar-refractivity contribution in [3.8, 4) is 0 Å². The van der Waals surface area contributed by atoms with Gasteiger partial charge in [-0.05, 0) is 36.4 Å². The van der Waals surface area contributed by atoms with Gasteiger partial charge in [-0.2, -0.15) is 0 Å². The molecule has 0 amide bonds. The summed E-state index contributed by atoms with van der Waals surface area (Å²) in [5.74, 6) is 0.887. The summed E-state index contributed by atoms with van der Waals surface area (Å²) >= 11 is 1.79. The maximum Gasteiger partial charge on any atom is 0.191 e. The van der Waals surface area contributed by atoms with Crippen LogP contribution in [0.1, 0.15) is 17.4 Å². The number of nitrogens with one attached hydrogen (secondary N) is 2. The Hall–Kier alpha value is -1.88. The first-order chi connectivity index (χ1) is 10.4. The van der Waals surface area contributed by atoms with Crippen LogP contribution in [0.3, 0.4) is 0 Å². The van der Waals surface area contributed by atoms with E-state index < -0.39 is 0 Å². The van der Waals surface area contributed by atoms with Gasteiger partial charge in [0.15, 0.2) is 5.96 Å². The fourth-order valence-electron chi connectivity index (χ4n) is 1.95. The van der Waals surface area contributed by atoms with E-state index in [2.05, 4.69) is 51.1 Å². The van der Waals surface area contributed by atoms with Gasteiger partial charge in [0.05, 0.1) is 0 Å². The molecule has 21 heavy (non-hydrogen) atoms. The number of guanidine groups is 1. The second-order valence-corrected chi connectivity index (χ2v) is 5.66. The predicted molar refractivity (Wildman–Crippen MR) is 89.9 cm³/mol. The molecule has 2 rings (SSSR count). The second-order valence-electron chi connectivity index (χ2n) is 4.63. The van der Waals surface area contributed by atoms with Crippen LogP contribution in [0.5, 0.6) is 0 Å². The molecule has 0 aliphatic carbocycles. The van der Waals surface area contributed by atoms with E-state index in [9.17, 15) is 0 Å². The minimum absolute atomic E-state index is 0.808. The highest BCUT2D eigenvalue weighted by atomic mass is 32.1.